The quantitative estimate of drug-likeness (QED) is 0.506. The number of hydrogen-bond acceptors (Lipinski definition) is 7. The fraction of sp³-hybridized carbons (Fsp3) is 0.917. The Morgan fingerprint density at radius 2 is 2.05 bits per heavy atom. The normalized spacial score (nSPS) is 12.0. The second-order valence-corrected chi connectivity index (χ2v) is 6.38. The summed E-state index contributed by atoms with van der Waals surface area (Å²) in [5.41, 5.74) is 0.108. The zero-order valence-corrected chi connectivity index (χ0v) is 13.6. The summed E-state index contributed by atoms with van der Waals surface area (Å²) in [4.78, 5) is 0. The summed E-state index contributed by atoms with van der Waals surface area (Å²) in [7, 11) is 1.66. The van der Waals surface area contributed by atoms with Crippen LogP contribution in [0.5, 0.6) is 0 Å². The van der Waals surface area contributed by atoms with Gasteiger partial charge in [-0.3, -0.25) is 0 Å². The maximum absolute atomic E-state index is 5.40. The summed E-state index contributed by atoms with van der Waals surface area (Å²) >= 11 is 1.60. The highest BCUT2D eigenvalue weighted by atomic mass is 32.2. The number of hydrogen-bond donors (Lipinski definition) is 1. The molecule has 1 aromatic heterocycles. The molecule has 0 aliphatic heterocycles. The second-order valence-electron chi connectivity index (χ2n) is 5.32. The molecule has 0 aliphatic carbocycles. The number of tetrazole rings is 1. The summed E-state index contributed by atoms with van der Waals surface area (Å²) in [6, 6.07) is 0. The van der Waals surface area contributed by atoms with Crippen molar-refractivity contribution in [1.82, 2.24) is 25.5 Å². The molecule has 0 radical (unpaired) electrons. The van der Waals surface area contributed by atoms with Crippen LogP contribution in [0.4, 0.5) is 0 Å². The van der Waals surface area contributed by atoms with Gasteiger partial charge in [0.25, 0.3) is 0 Å². The molecule has 0 atom stereocenters. The van der Waals surface area contributed by atoms with Gasteiger partial charge in [-0.2, -0.15) is 0 Å². The summed E-state index contributed by atoms with van der Waals surface area (Å²) in [6.45, 7) is 9.93. The Bertz CT molecular complexity index is 367. The largest absolute Gasteiger partial charge is 0.382 e. The van der Waals surface area contributed by atoms with Gasteiger partial charge in [-0.15, -0.1) is 5.10 Å². The molecule has 0 amide bonds. The molecule has 0 saturated heterocycles. The van der Waals surface area contributed by atoms with Crippen LogP contribution in [0, 0.1) is 0 Å². The Kier molecular flexibility index (Phi) is 8.05. The molecule has 1 N–H and O–H groups in total. The monoisotopic (exact) mass is 303 g/mol. The topological polar surface area (TPSA) is 74.1 Å². The minimum atomic E-state index is 0.108. The predicted octanol–water partition coefficient (Wildman–Crippen LogP) is 0.816. The lowest BCUT2D eigenvalue weighted by Crippen LogP contribution is -2.38. The summed E-state index contributed by atoms with van der Waals surface area (Å²) in [5, 5.41) is 16.0. The van der Waals surface area contributed by atoms with Crippen molar-refractivity contribution in [2.75, 3.05) is 39.2 Å². The number of aromatic nitrogens is 4. The van der Waals surface area contributed by atoms with Gasteiger partial charge in [0.1, 0.15) is 0 Å². The first kappa shape index (κ1) is 17.4. The van der Waals surface area contributed by atoms with Crippen LogP contribution in [0.3, 0.4) is 0 Å². The van der Waals surface area contributed by atoms with E-state index in [1.165, 1.54) is 0 Å². The van der Waals surface area contributed by atoms with Crippen LogP contribution in [-0.4, -0.2) is 65.0 Å². The van der Waals surface area contributed by atoms with Gasteiger partial charge in [-0.1, -0.05) is 11.8 Å². The molecular formula is C12H25N5O2S. The molecule has 0 fully saturated rings. The lowest BCUT2D eigenvalue weighted by Gasteiger charge is -2.20. The van der Waals surface area contributed by atoms with E-state index in [1.54, 1.807) is 18.9 Å². The van der Waals surface area contributed by atoms with E-state index in [-0.39, 0.29) is 5.54 Å². The highest BCUT2D eigenvalue weighted by Gasteiger charge is 2.10. The Morgan fingerprint density at radius 3 is 2.75 bits per heavy atom. The molecule has 20 heavy (non-hydrogen) atoms. The van der Waals surface area contributed by atoms with Crippen molar-refractivity contribution in [3.63, 3.8) is 0 Å². The van der Waals surface area contributed by atoms with E-state index in [1.807, 2.05) is 4.68 Å². The predicted molar refractivity (Wildman–Crippen MR) is 79.0 cm³/mol. The van der Waals surface area contributed by atoms with Gasteiger partial charge < -0.3 is 14.8 Å². The van der Waals surface area contributed by atoms with Crippen LogP contribution in [0.2, 0.25) is 0 Å². The van der Waals surface area contributed by atoms with Gasteiger partial charge in [0.05, 0.1) is 26.4 Å². The molecule has 0 aliphatic rings. The average molecular weight is 303 g/mol. The fourth-order valence-corrected chi connectivity index (χ4v) is 2.17. The highest BCUT2D eigenvalue weighted by Crippen LogP contribution is 2.12. The van der Waals surface area contributed by atoms with E-state index in [9.17, 15) is 0 Å². The lowest BCUT2D eigenvalue weighted by atomic mass is 10.1. The number of methoxy groups -OCH3 is 1. The van der Waals surface area contributed by atoms with Gasteiger partial charge in [0.15, 0.2) is 0 Å². The summed E-state index contributed by atoms with van der Waals surface area (Å²) in [5.74, 6) is 0.830. The maximum Gasteiger partial charge on any atom is 0.209 e. The Hall–Kier alpha value is -0.700. The van der Waals surface area contributed by atoms with Crippen molar-refractivity contribution in [1.29, 1.82) is 0 Å². The highest BCUT2D eigenvalue weighted by molar-refractivity contribution is 7.99. The van der Waals surface area contributed by atoms with Crippen molar-refractivity contribution < 1.29 is 9.47 Å². The third kappa shape index (κ3) is 7.78. The molecule has 1 heterocycles. The molecule has 0 saturated carbocycles. The number of rotatable bonds is 10. The van der Waals surface area contributed by atoms with Crippen molar-refractivity contribution in [2.45, 2.75) is 38.0 Å². The van der Waals surface area contributed by atoms with E-state index in [0.29, 0.717) is 19.8 Å². The molecule has 0 bridgehead atoms. The van der Waals surface area contributed by atoms with E-state index < -0.39 is 0 Å². The molecule has 0 spiro atoms. The standard InChI is InChI=1S/C12H25N5O2S/c1-12(2,3)13-5-6-17-11(14-15-16-17)20-10-9-19-8-7-18-4/h13H,5-10H2,1-4H3. The first-order valence-electron chi connectivity index (χ1n) is 6.73. The number of nitrogens with one attached hydrogen (secondary N) is 1. The van der Waals surface area contributed by atoms with Crippen molar-refractivity contribution in [2.24, 2.45) is 0 Å². The molecule has 0 aromatic carbocycles. The third-order valence-corrected chi connectivity index (χ3v) is 3.29. The second kappa shape index (κ2) is 9.28. The SMILES string of the molecule is COCCOCCSc1nnnn1CCNC(C)(C)C. The van der Waals surface area contributed by atoms with Gasteiger partial charge >= 0.3 is 0 Å². The first-order chi connectivity index (χ1) is 9.53. The third-order valence-electron chi connectivity index (χ3n) is 2.37. The molecule has 1 aromatic rings. The minimum absolute atomic E-state index is 0.108. The summed E-state index contributed by atoms with van der Waals surface area (Å²) in [6.07, 6.45) is 0. The lowest BCUT2D eigenvalue weighted by molar-refractivity contribution is 0.0790. The van der Waals surface area contributed by atoms with Gasteiger partial charge in [0, 0.05) is 24.9 Å². The van der Waals surface area contributed by atoms with Crippen LogP contribution >= 0.6 is 11.8 Å². The minimum Gasteiger partial charge on any atom is -0.382 e. The van der Waals surface area contributed by atoms with Gasteiger partial charge in [-0.05, 0) is 31.2 Å². The average Bonchev–Trinajstić information content (AvgIpc) is 2.80. The molecule has 8 heteroatoms. The molecule has 7 nitrogen and oxygen atoms in total. The Balaban J connectivity index is 2.21. The number of nitrogens with zero attached hydrogens (tertiary/aromatic N) is 4. The molecule has 116 valence electrons. The van der Waals surface area contributed by atoms with E-state index in [4.69, 9.17) is 9.47 Å². The summed E-state index contributed by atoms with van der Waals surface area (Å²) < 4.78 is 12.1. The number of ether oxygens (including phenoxy) is 2. The zero-order valence-electron chi connectivity index (χ0n) is 12.8. The van der Waals surface area contributed by atoms with E-state index >= 15 is 0 Å². The van der Waals surface area contributed by atoms with E-state index in [0.717, 1.165) is 24.0 Å². The van der Waals surface area contributed by atoms with Crippen molar-refractivity contribution in [3.8, 4) is 0 Å². The van der Waals surface area contributed by atoms with Gasteiger partial charge in [-0.25, -0.2) is 4.68 Å². The van der Waals surface area contributed by atoms with Crippen LogP contribution < -0.4 is 5.32 Å². The molecule has 1 rings (SSSR count). The zero-order chi connectivity index (χ0) is 14.8. The van der Waals surface area contributed by atoms with E-state index in [2.05, 4.69) is 41.6 Å². The number of thioether (sulfide) groups is 1. The Labute approximate surface area is 124 Å². The van der Waals surface area contributed by atoms with Crippen LogP contribution in [0.15, 0.2) is 5.16 Å². The smallest absolute Gasteiger partial charge is 0.209 e. The molecular weight excluding hydrogens is 278 g/mol. The Morgan fingerprint density at radius 1 is 1.25 bits per heavy atom. The van der Waals surface area contributed by atoms with Crippen LogP contribution in [0.1, 0.15) is 20.8 Å². The van der Waals surface area contributed by atoms with Gasteiger partial charge in [0.2, 0.25) is 5.16 Å². The molecule has 0 unspecified atom stereocenters. The van der Waals surface area contributed by atoms with Crippen LogP contribution in [0.25, 0.3) is 0 Å². The van der Waals surface area contributed by atoms with Crippen molar-refractivity contribution >= 4 is 11.8 Å². The first-order valence-corrected chi connectivity index (χ1v) is 7.72. The van der Waals surface area contributed by atoms with Crippen molar-refractivity contribution in [3.05, 3.63) is 0 Å². The maximum atomic E-state index is 5.40. The fourth-order valence-electron chi connectivity index (χ4n) is 1.41. The van der Waals surface area contributed by atoms with Crippen LogP contribution in [-0.2, 0) is 16.0 Å².